The molecular weight excluding hydrogens is 369 g/mol. The number of hydrogen-bond acceptors (Lipinski definition) is 5. The smallest absolute Gasteiger partial charge is 0.241 e. The van der Waals surface area contributed by atoms with E-state index in [0.29, 0.717) is 16.5 Å². The van der Waals surface area contributed by atoms with E-state index in [0.717, 1.165) is 5.56 Å². The topological polar surface area (TPSA) is 71.0 Å². The molecule has 0 saturated heterocycles. The Morgan fingerprint density at radius 2 is 2.00 bits per heavy atom. The van der Waals surface area contributed by atoms with E-state index >= 15 is 0 Å². The molecule has 1 heterocycles. The van der Waals surface area contributed by atoms with Crippen LogP contribution in [0.25, 0.3) is 0 Å². The van der Waals surface area contributed by atoms with Crippen LogP contribution in [0, 0.1) is 5.82 Å². The molecule has 1 N–H and O–H groups in total. The molecule has 27 heavy (non-hydrogen) atoms. The number of carbonyl (C=O) groups is 2. The number of hydrogen-bond donors (Lipinski definition) is 1. The zero-order valence-corrected chi connectivity index (χ0v) is 15.6. The summed E-state index contributed by atoms with van der Waals surface area (Å²) in [5, 5.41) is 8.02. The van der Waals surface area contributed by atoms with Crippen LogP contribution in [0.1, 0.15) is 30.3 Å². The van der Waals surface area contributed by atoms with Gasteiger partial charge in [-0.2, -0.15) is 0 Å². The van der Waals surface area contributed by atoms with Gasteiger partial charge in [-0.15, -0.1) is 5.10 Å². The first-order valence-electron chi connectivity index (χ1n) is 8.23. The van der Waals surface area contributed by atoms with Crippen molar-refractivity contribution < 1.29 is 18.7 Å². The predicted octanol–water partition coefficient (Wildman–Crippen LogP) is 3.41. The minimum atomic E-state index is -0.415. The van der Waals surface area contributed by atoms with Gasteiger partial charge < -0.3 is 10.1 Å². The molecular formula is C19H18FN3O3S. The number of amides is 2. The quantitative estimate of drug-likeness (QED) is 0.873. The summed E-state index contributed by atoms with van der Waals surface area (Å²) in [5.41, 5.74) is 1.24. The SMILES string of the molecule is CC(=O)NC1=NN(C(C)=O)[C@H](c2cccc(OCc3ccccc3F)c2)S1. The zero-order valence-electron chi connectivity index (χ0n) is 14.8. The van der Waals surface area contributed by atoms with Gasteiger partial charge in [0.15, 0.2) is 5.17 Å². The second kappa shape index (κ2) is 8.22. The summed E-state index contributed by atoms with van der Waals surface area (Å²) < 4.78 is 19.4. The number of ether oxygens (including phenoxy) is 1. The molecule has 2 aromatic rings. The lowest BCUT2D eigenvalue weighted by Gasteiger charge is -2.19. The molecule has 0 unspecified atom stereocenters. The first kappa shape index (κ1) is 18.9. The number of hydrazone groups is 1. The van der Waals surface area contributed by atoms with Crippen molar-refractivity contribution in [3.8, 4) is 5.75 Å². The fourth-order valence-corrected chi connectivity index (χ4v) is 3.64. The van der Waals surface area contributed by atoms with Crippen LogP contribution in [0.5, 0.6) is 5.75 Å². The van der Waals surface area contributed by atoms with Crippen molar-refractivity contribution in [3.05, 3.63) is 65.5 Å². The maximum atomic E-state index is 13.7. The molecule has 0 spiro atoms. The lowest BCUT2D eigenvalue weighted by molar-refractivity contribution is -0.129. The molecule has 140 valence electrons. The van der Waals surface area contributed by atoms with Gasteiger partial charge >= 0.3 is 0 Å². The number of halogens is 1. The minimum Gasteiger partial charge on any atom is -0.489 e. The third-order valence-corrected chi connectivity index (χ3v) is 4.85. The molecule has 1 aliphatic rings. The van der Waals surface area contributed by atoms with Crippen molar-refractivity contribution in [1.29, 1.82) is 0 Å². The summed E-state index contributed by atoms with van der Waals surface area (Å²) >= 11 is 1.26. The Morgan fingerprint density at radius 3 is 2.70 bits per heavy atom. The first-order chi connectivity index (χ1) is 12.9. The Kier molecular flexibility index (Phi) is 5.75. The number of nitrogens with zero attached hydrogens (tertiary/aromatic N) is 2. The van der Waals surface area contributed by atoms with E-state index in [-0.39, 0.29) is 24.2 Å². The largest absolute Gasteiger partial charge is 0.489 e. The van der Waals surface area contributed by atoms with Crippen LogP contribution in [0.15, 0.2) is 53.6 Å². The number of rotatable bonds is 4. The van der Waals surface area contributed by atoms with Gasteiger partial charge in [-0.25, -0.2) is 9.40 Å². The summed E-state index contributed by atoms with van der Waals surface area (Å²) in [4.78, 5) is 23.2. The number of amidine groups is 1. The molecule has 0 bridgehead atoms. The van der Waals surface area contributed by atoms with E-state index in [2.05, 4.69) is 10.4 Å². The molecule has 0 fully saturated rings. The number of nitrogens with one attached hydrogen (secondary N) is 1. The second-order valence-corrected chi connectivity index (χ2v) is 6.94. The van der Waals surface area contributed by atoms with Crippen LogP contribution in [0.3, 0.4) is 0 Å². The third-order valence-electron chi connectivity index (χ3n) is 3.74. The van der Waals surface area contributed by atoms with Gasteiger partial charge in [0.1, 0.15) is 23.5 Å². The second-order valence-electron chi connectivity index (χ2n) is 5.87. The molecule has 8 heteroatoms. The van der Waals surface area contributed by atoms with Gasteiger partial charge in [0.2, 0.25) is 11.8 Å². The lowest BCUT2D eigenvalue weighted by Crippen LogP contribution is -2.25. The van der Waals surface area contributed by atoms with E-state index in [1.165, 1.54) is 36.7 Å². The number of thioether (sulfide) groups is 1. The summed E-state index contributed by atoms with van der Waals surface area (Å²) in [6.07, 6.45) is 0. The van der Waals surface area contributed by atoms with Crippen molar-refractivity contribution in [2.75, 3.05) is 0 Å². The van der Waals surface area contributed by atoms with Crippen molar-refractivity contribution in [1.82, 2.24) is 10.3 Å². The first-order valence-corrected chi connectivity index (χ1v) is 9.11. The van der Waals surface area contributed by atoms with Gasteiger partial charge in [-0.1, -0.05) is 42.1 Å². The van der Waals surface area contributed by atoms with Crippen molar-refractivity contribution in [2.24, 2.45) is 5.10 Å². The van der Waals surface area contributed by atoms with Gasteiger partial charge in [-0.05, 0) is 23.8 Å². The van der Waals surface area contributed by atoms with Crippen LogP contribution in [-0.4, -0.2) is 22.0 Å². The normalized spacial score (nSPS) is 16.0. The highest BCUT2D eigenvalue weighted by atomic mass is 32.2. The summed E-state index contributed by atoms with van der Waals surface area (Å²) in [5.74, 6) is -0.276. The average molecular weight is 387 g/mol. The van der Waals surface area contributed by atoms with Crippen molar-refractivity contribution in [3.63, 3.8) is 0 Å². The summed E-state index contributed by atoms with van der Waals surface area (Å²) in [6, 6.07) is 13.6. The molecule has 0 radical (unpaired) electrons. The van der Waals surface area contributed by atoms with Gasteiger partial charge in [0.05, 0.1) is 0 Å². The molecule has 6 nitrogen and oxygen atoms in total. The minimum absolute atomic E-state index is 0.0952. The molecule has 0 saturated carbocycles. The lowest BCUT2D eigenvalue weighted by atomic mass is 10.2. The highest BCUT2D eigenvalue weighted by Crippen LogP contribution is 2.39. The molecule has 1 aliphatic heterocycles. The molecule has 3 rings (SSSR count). The number of carbonyl (C=O) groups excluding carboxylic acids is 2. The summed E-state index contributed by atoms with van der Waals surface area (Å²) in [6.45, 7) is 2.88. The Balaban J connectivity index is 1.75. The molecule has 2 amide bonds. The predicted molar refractivity (Wildman–Crippen MR) is 101 cm³/mol. The van der Waals surface area contributed by atoms with E-state index in [9.17, 15) is 14.0 Å². The van der Waals surface area contributed by atoms with Crippen LogP contribution < -0.4 is 10.1 Å². The average Bonchev–Trinajstić information content (AvgIpc) is 3.05. The third kappa shape index (κ3) is 4.65. The Bertz CT molecular complexity index is 903. The summed E-state index contributed by atoms with van der Waals surface area (Å²) in [7, 11) is 0. The standard InChI is InChI=1S/C19H18FN3O3S/c1-12(24)21-19-22-23(13(2)25)18(27-19)14-7-5-8-16(10-14)26-11-15-6-3-4-9-17(15)20/h3-10,18H,11H2,1-2H3,(H,21,22,24)/t18-/m0/s1. The zero-order chi connectivity index (χ0) is 19.4. The van der Waals surface area contributed by atoms with Gasteiger partial charge in [0, 0.05) is 19.4 Å². The van der Waals surface area contributed by atoms with Crippen molar-refractivity contribution in [2.45, 2.75) is 25.8 Å². The Hall–Kier alpha value is -2.87. The Morgan fingerprint density at radius 1 is 1.22 bits per heavy atom. The molecule has 2 aromatic carbocycles. The fraction of sp³-hybridized carbons (Fsp3) is 0.211. The monoisotopic (exact) mass is 387 g/mol. The van der Waals surface area contributed by atoms with Crippen LogP contribution in [0.2, 0.25) is 0 Å². The number of benzene rings is 2. The van der Waals surface area contributed by atoms with Crippen LogP contribution in [0.4, 0.5) is 4.39 Å². The van der Waals surface area contributed by atoms with Gasteiger partial charge in [0.25, 0.3) is 0 Å². The van der Waals surface area contributed by atoms with E-state index in [1.807, 2.05) is 6.07 Å². The highest BCUT2D eigenvalue weighted by molar-refractivity contribution is 8.14. The maximum absolute atomic E-state index is 13.7. The van der Waals surface area contributed by atoms with Crippen LogP contribution >= 0.6 is 11.8 Å². The van der Waals surface area contributed by atoms with E-state index in [1.54, 1.807) is 36.4 Å². The van der Waals surface area contributed by atoms with E-state index < -0.39 is 5.37 Å². The van der Waals surface area contributed by atoms with E-state index in [4.69, 9.17) is 4.74 Å². The van der Waals surface area contributed by atoms with Crippen molar-refractivity contribution >= 4 is 28.7 Å². The molecule has 0 aliphatic carbocycles. The Labute approximate surface area is 160 Å². The highest BCUT2D eigenvalue weighted by Gasteiger charge is 2.32. The fourth-order valence-electron chi connectivity index (χ4n) is 2.51. The van der Waals surface area contributed by atoms with Crippen LogP contribution in [-0.2, 0) is 16.2 Å². The molecule has 1 atom stereocenters. The maximum Gasteiger partial charge on any atom is 0.241 e. The molecule has 0 aromatic heterocycles. The van der Waals surface area contributed by atoms with Gasteiger partial charge in [-0.3, -0.25) is 9.59 Å².